The van der Waals surface area contributed by atoms with E-state index in [-0.39, 0.29) is 18.9 Å². The summed E-state index contributed by atoms with van der Waals surface area (Å²) in [7, 11) is 1.75. The van der Waals surface area contributed by atoms with Gasteiger partial charge < -0.3 is 10.5 Å². The van der Waals surface area contributed by atoms with Crippen molar-refractivity contribution in [3.8, 4) is 0 Å². The monoisotopic (exact) mass is 74.1 g/mol. The molecule has 0 bridgehead atoms. The molecule has 2 N–H and O–H groups in total. The second kappa shape index (κ2) is 3.20. The molecule has 4 heteroatoms. The molecule has 0 fully saturated rings. The standard InChI is InChI=1S/C2H4BN2.Li/c1-2-5-3-4-1;/h1-2,4-5H;/q-1;+1. The van der Waals surface area contributed by atoms with Crippen molar-refractivity contribution in [1.29, 1.82) is 0 Å². The van der Waals surface area contributed by atoms with E-state index in [4.69, 9.17) is 0 Å². The molecule has 0 saturated heterocycles. The summed E-state index contributed by atoms with van der Waals surface area (Å²) in [6.45, 7) is 0. The van der Waals surface area contributed by atoms with Crippen molar-refractivity contribution in [2.75, 3.05) is 0 Å². The van der Waals surface area contributed by atoms with E-state index in [0.717, 1.165) is 0 Å². The summed E-state index contributed by atoms with van der Waals surface area (Å²) in [5.74, 6) is 0. The summed E-state index contributed by atoms with van der Waals surface area (Å²) in [6.07, 6.45) is 3.64. The second-order valence-corrected chi connectivity index (χ2v) is 0.811. The Morgan fingerprint density at radius 2 is 1.67 bits per heavy atom. The molecule has 0 aromatic rings. The van der Waals surface area contributed by atoms with Gasteiger partial charge in [0.25, 0.3) is 0 Å². The molecular weight excluding hydrogens is 69.8 g/mol. The third-order valence-corrected chi connectivity index (χ3v) is 0.442. The van der Waals surface area contributed by atoms with Crippen molar-refractivity contribution in [1.82, 2.24) is 10.5 Å². The SMILES string of the molecule is [B-]1NC=CN1.[Li+]. The molecule has 26 valence electrons. The topological polar surface area (TPSA) is 24.1 Å². The minimum atomic E-state index is 0. The van der Waals surface area contributed by atoms with Gasteiger partial charge in [-0.2, -0.15) is 0 Å². The molecule has 1 aliphatic heterocycles. The van der Waals surface area contributed by atoms with Crippen LogP contribution in [0.4, 0.5) is 0 Å². The average Bonchev–Trinajstić information content (AvgIpc) is 1.76. The third-order valence-electron chi connectivity index (χ3n) is 0.442. The van der Waals surface area contributed by atoms with Crippen LogP contribution in [0.2, 0.25) is 0 Å². The van der Waals surface area contributed by atoms with E-state index >= 15 is 0 Å². The molecule has 6 heavy (non-hydrogen) atoms. The molecule has 2 radical (unpaired) electrons. The molecule has 0 aromatic carbocycles. The van der Waals surface area contributed by atoms with Gasteiger partial charge in [0.1, 0.15) is 0 Å². The second-order valence-electron chi connectivity index (χ2n) is 0.811. The Hall–Kier alpha value is 0.00234. The average molecular weight is 73.8 g/mol. The third kappa shape index (κ3) is 1.44. The van der Waals surface area contributed by atoms with Gasteiger partial charge in [0.15, 0.2) is 0 Å². The maximum absolute atomic E-state index is 2.81. The summed E-state index contributed by atoms with van der Waals surface area (Å²) in [5, 5.41) is 5.61. The van der Waals surface area contributed by atoms with Crippen LogP contribution in [0.25, 0.3) is 0 Å². The van der Waals surface area contributed by atoms with Crippen molar-refractivity contribution in [2.24, 2.45) is 0 Å². The first-order valence-corrected chi connectivity index (χ1v) is 1.49. The summed E-state index contributed by atoms with van der Waals surface area (Å²) < 4.78 is 0. The zero-order valence-corrected chi connectivity index (χ0v) is 3.73. The molecule has 0 aliphatic carbocycles. The molecule has 1 rings (SSSR count). The fourth-order valence-corrected chi connectivity index (χ4v) is 0.241. The van der Waals surface area contributed by atoms with Crippen LogP contribution >= 0.6 is 0 Å². The van der Waals surface area contributed by atoms with E-state index in [2.05, 4.69) is 10.5 Å². The van der Waals surface area contributed by atoms with Gasteiger partial charge in [0.05, 0.1) is 0 Å². The maximum Gasteiger partial charge on any atom is 1.00 e. The number of nitrogens with one attached hydrogen (secondary N) is 2. The Morgan fingerprint density at radius 3 is 1.83 bits per heavy atom. The molecule has 0 aromatic heterocycles. The summed E-state index contributed by atoms with van der Waals surface area (Å²) in [6, 6.07) is 0. The Morgan fingerprint density at radius 1 is 1.17 bits per heavy atom. The fourth-order valence-electron chi connectivity index (χ4n) is 0.241. The van der Waals surface area contributed by atoms with Crippen LogP contribution in [0.15, 0.2) is 12.4 Å². The van der Waals surface area contributed by atoms with Gasteiger partial charge in [0, 0.05) is 0 Å². The molecule has 2 nitrogen and oxygen atoms in total. The molecule has 0 atom stereocenters. The van der Waals surface area contributed by atoms with E-state index in [1.54, 1.807) is 7.55 Å². The first-order chi connectivity index (χ1) is 2.50. The molecule has 1 heterocycles. The van der Waals surface area contributed by atoms with Crippen molar-refractivity contribution >= 4 is 7.55 Å². The van der Waals surface area contributed by atoms with E-state index in [0.29, 0.717) is 0 Å². The number of hydrogen-bond acceptors (Lipinski definition) is 2. The van der Waals surface area contributed by atoms with Crippen LogP contribution in [0.3, 0.4) is 0 Å². The minimum absolute atomic E-state index is 0. The van der Waals surface area contributed by atoms with Crippen LogP contribution in [0.5, 0.6) is 0 Å². The van der Waals surface area contributed by atoms with Crippen LogP contribution in [-0.4, -0.2) is 7.55 Å². The minimum Gasteiger partial charge on any atom is -0.603 e. The number of rotatable bonds is 0. The zero-order chi connectivity index (χ0) is 3.54. The van der Waals surface area contributed by atoms with Gasteiger partial charge >= 0.3 is 18.9 Å². The van der Waals surface area contributed by atoms with Gasteiger partial charge in [0.2, 0.25) is 0 Å². The molecule has 0 unspecified atom stereocenters. The van der Waals surface area contributed by atoms with E-state index in [1.165, 1.54) is 0 Å². The quantitative estimate of drug-likeness (QED) is 0.288. The van der Waals surface area contributed by atoms with E-state index in [1.807, 2.05) is 12.4 Å². The maximum atomic E-state index is 2.81. The van der Waals surface area contributed by atoms with Crippen molar-refractivity contribution < 1.29 is 18.9 Å². The summed E-state index contributed by atoms with van der Waals surface area (Å²) in [5.41, 5.74) is 0. The van der Waals surface area contributed by atoms with Crippen LogP contribution in [0.1, 0.15) is 0 Å². The first-order valence-electron chi connectivity index (χ1n) is 1.49. The number of hydrogen-bond donors (Lipinski definition) is 2. The normalized spacial score (nSPS) is 14.7. The summed E-state index contributed by atoms with van der Waals surface area (Å²) >= 11 is 0. The fraction of sp³-hybridized carbons (Fsp3) is 0. The van der Waals surface area contributed by atoms with E-state index < -0.39 is 0 Å². The van der Waals surface area contributed by atoms with Gasteiger partial charge in [-0.25, -0.2) is 0 Å². The smallest absolute Gasteiger partial charge is 0.603 e. The van der Waals surface area contributed by atoms with Crippen LogP contribution in [0, 0.1) is 0 Å². The van der Waals surface area contributed by atoms with Gasteiger partial charge in [-0.15, -0.1) is 0 Å². The van der Waals surface area contributed by atoms with Crippen molar-refractivity contribution in [3.63, 3.8) is 0 Å². The molecular formula is C2H4BLiN2. The Bertz CT molecular complexity index is 49.5. The summed E-state index contributed by atoms with van der Waals surface area (Å²) in [4.78, 5) is 0. The first kappa shape index (κ1) is 6.00. The molecule has 0 amide bonds. The largest absolute Gasteiger partial charge is 1.00 e. The van der Waals surface area contributed by atoms with Gasteiger partial charge in [-0.1, -0.05) is 7.55 Å². The Labute approximate surface area is 49.8 Å². The van der Waals surface area contributed by atoms with Crippen molar-refractivity contribution in [2.45, 2.75) is 0 Å². The predicted molar refractivity (Wildman–Crippen MR) is 21.2 cm³/mol. The molecule has 0 saturated carbocycles. The Balaban J connectivity index is 0.000000250. The van der Waals surface area contributed by atoms with Crippen LogP contribution in [-0.2, 0) is 0 Å². The van der Waals surface area contributed by atoms with Gasteiger partial charge in [-0.3, -0.25) is 0 Å². The van der Waals surface area contributed by atoms with Crippen molar-refractivity contribution in [3.05, 3.63) is 12.4 Å². The Kier molecular flexibility index (Phi) is 3.20. The molecule has 1 aliphatic rings. The van der Waals surface area contributed by atoms with E-state index in [9.17, 15) is 0 Å². The molecule has 0 spiro atoms. The zero-order valence-electron chi connectivity index (χ0n) is 3.73. The predicted octanol–water partition coefficient (Wildman–Crippen LogP) is -3.81. The van der Waals surface area contributed by atoms with Gasteiger partial charge in [-0.05, 0) is 12.4 Å². The van der Waals surface area contributed by atoms with Crippen LogP contribution < -0.4 is 29.3 Å².